The second-order valence-corrected chi connectivity index (χ2v) is 6.09. The fourth-order valence-electron chi connectivity index (χ4n) is 2.43. The lowest BCUT2D eigenvalue weighted by molar-refractivity contribution is 0.102. The molecule has 0 spiro atoms. The Morgan fingerprint density at radius 2 is 1.78 bits per heavy atom. The Hall–Kier alpha value is -1.71. The van der Waals surface area contributed by atoms with Crippen LogP contribution in [-0.4, -0.2) is 19.0 Å². The fraction of sp³-hybridized carbons (Fsp3) is 0.278. The van der Waals surface area contributed by atoms with Gasteiger partial charge in [0, 0.05) is 29.5 Å². The molecular weight excluding hydrogens is 331 g/mol. The van der Waals surface area contributed by atoms with Crippen molar-refractivity contribution in [3.63, 3.8) is 0 Å². The highest BCUT2D eigenvalue weighted by atomic mass is 35.5. The molecule has 0 fully saturated rings. The van der Waals surface area contributed by atoms with Gasteiger partial charge in [-0.1, -0.05) is 23.2 Å². The number of amides is 1. The van der Waals surface area contributed by atoms with Crippen molar-refractivity contribution in [1.82, 2.24) is 0 Å². The number of benzene rings is 2. The van der Waals surface area contributed by atoms with Gasteiger partial charge in [0.05, 0.1) is 10.6 Å². The van der Waals surface area contributed by atoms with Crippen molar-refractivity contribution in [3.8, 4) is 0 Å². The Labute approximate surface area is 147 Å². The molecule has 1 N–H and O–H groups in total. The van der Waals surface area contributed by atoms with Crippen molar-refractivity contribution in [3.05, 3.63) is 57.6 Å². The van der Waals surface area contributed by atoms with E-state index in [1.165, 1.54) is 0 Å². The molecule has 5 heteroatoms. The van der Waals surface area contributed by atoms with Crippen LogP contribution in [0.3, 0.4) is 0 Å². The number of nitrogens with one attached hydrogen (secondary N) is 1. The molecule has 0 aliphatic carbocycles. The first-order valence-corrected chi connectivity index (χ1v) is 8.33. The highest BCUT2D eigenvalue weighted by molar-refractivity contribution is 6.36. The van der Waals surface area contributed by atoms with Crippen LogP contribution in [0.1, 0.15) is 29.8 Å². The Kier molecular flexibility index (Phi) is 5.91. The molecule has 122 valence electrons. The second kappa shape index (κ2) is 7.71. The summed E-state index contributed by atoms with van der Waals surface area (Å²) in [5.41, 5.74) is 3.28. The molecule has 0 aliphatic rings. The molecule has 3 nitrogen and oxygen atoms in total. The summed E-state index contributed by atoms with van der Waals surface area (Å²) >= 11 is 12.0. The van der Waals surface area contributed by atoms with E-state index >= 15 is 0 Å². The van der Waals surface area contributed by atoms with Crippen LogP contribution in [0.5, 0.6) is 0 Å². The lowest BCUT2D eigenvalue weighted by atomic mass is 10.1. The molecule has 0 bridgehead atoms. The minimum Gasteiger partial charge on any atom is -0.372 e. The summed E-state index contributed by atoms with van der Waals surface area (Å²) < 4.78 is 0. The van der Waals surface area contributed by atoms with Crippen LogP contribution in [-0.2, 0) is 0 Å². The summed E-state index contributed by atoms with van der Waals surface area (Å²) in [7, 11) is 0. The van der Waals surface area contributed by atoms with Gasteiger partial charge in [0.15, 0.2) is 0 Å². The number of rotatable bonds is 5. The third-order valence-electron chi connectivity index (χ3n) is 3.76. The van der Waals surface area contributed by atoms with E-state index in [-0.39, 0.29) is 5.91 Å². The van der Waals surface area contributed by atoms with E-state index in [1.54, 1.807) is 18.2 Å². The van der Waals surface area contributed by atoms with Gasteiger partial charge in [-0.05, 0) is 62.7 Å². The number of halogens is 2. The van der Waals surface area contributed by atoms with Crippen LogP contribution in [0.2, 0.25) is 10.0 Å². The number of hydrogen-bond acceptors (Lipinski definition) is 2. The number of nitrogens with zero attached hydrogens (tertiary/aromatic N) is 1. The van der Waals surface area contributed by atoms with Crippen LogP contribution >= 0.6 is 23.2 Å². The van der Waals surface area contributed by atoms with Crippen LogP contribution in [0.4, 0.5) is 11.4 Å². The van der Waals surface area contributed by atoms with Crippen molar-refractivity contribution in [2.24, 2.45) is 0 Å². The minimum atomic E-state index is -0.267. The second-order valence-electron chi connectivity index (χ2n) is 5.25. The zero-order valence-corrected chi connectivity index (χ0v) is 15.0. The topological polar surface area (TPSA) is 32.3 Å². The molecule has 0 radical (unpaired) electrons. The van der Waals surface area contributed by atoms with E-state index in [9.17, 15) is 4.79 Å². The van der Waals surface area contributed by atoms with Gasteiger partial charge in [0.25, 0.3) is 5.91 Å². The molecule has 0 aromatic heterocycles. The van der Waals surface area contributed by atoms with E-state index in [4.69, 9.17) is 23.2 Å². The third-order valence-corrected chi connectivity index (χ3v) is 4.32. The van der Waals surface area contributed by atoms with Gasteiger partial charge >= 0.3 is 0 Å². The van der Waals surface area contributed by atoms with E-state index in [1.807, 2.05) is 19.1 Å². The maximum absolute atomic E-state index is 12.4. The monoisotopic (exact) mass is 350 g/mol. The summed E-state index contributed by atoms with van der Waals surface area (Å²) in [6, 6.07) is 10.8. The van der Waals surface area contributed by atoms with E-state index in [2.05, 4.69) is 30.1 Å². The lowest BCUT2D eigenvalue weighted by Crippen LogP contribution is -2.22. The zero-order chi connectivity index (χ0) is 17.0. The summed E-state index contributed by atoms with van der Waals surface area (Å²) in [5.74, 6) is -0.267. The fourth-order valence-corrected chi connectivity index (χ4v) is 2.81. The highest BCUT2D eigenvalue weighted by Crippen LogP contribution is 2.25. The molecule has 0 saturated heterocycles. The molecule has 0 saturated carbocycles. The number of carbonyl (C=O) groups is 1. The predicted molar refractivity (Wildman–Crippen MR) is 99.2 cm³/mol. The quantitative estimate of drug-likeness (QED) is 0.782. The summed E-state index contributed by atoms with van der Waals surface area (Å²) in [4.78, 5) is 14.7. The molecule has 2 rings (SSSR count). The Morgan fingerprint density at radius 3 is 2.39 bits per heavy atom. The van der Waals surface area contributed by atoms with Crippen molar-refractivity contribution in [2.45, 2.75) is 20.8 Å². The molecule has 0 atom stereocenters. The first-order chi connectivity index (χ1) is 11.0. The van der Waals surface area contributed by atoms with Gasteiger partial charge in [-0.3, -0.25) is 4.79 Å². The molecule has 0 heterocycles. The van der Waals surface area contributed by atoms with E-state index in [0.717, 1.165) is 30.0 Å². The minimum absolute atomic E-state index is 0.267. The van der Waals surface area contributed by atoms with Crippen molar-refractivity contribution in [2.75, 3.05) is 23.3 Å². The van der Waals surface area contributed by atoms with Crippen LogP contribution in [0.15, 0.2) is 36.4 Å². The molecule has 0 aliphatic heterocycles. The smallest absolute Gasteiger partial charge is 0.257 e. The maximum atomic E-state index is 12.4. The normalized spacial score (nSPS) is 10.5. The molecule has 2 aromatic rings. The molecule has 23 heavy (non-hydrogen) atoms. The van der Waals surface area contributed by atoms with Crippen LogP contribution < -0.4 is 10.2 Å². The number of aryl methyl sites for hydroxylation is 1. The summed E-state index contributed by atoms with van der Waals surface area (Å²) in [6.45, 7) is 8.10. The zero-order valence-electron chi connectivity index (χ0n) is 13.5. The number of hydrogen-bond donors (Lipinski definition) is 1. The van der Waals surface area contributed by atoms with Gasteiger partial charge in [-0.25, -0.2) is 0 Å². The van der Waals surface area contributed by atoms with Crippen molar-refractivity contribution < 1.29 is 4.79 Å². The lowest BCUT2D eigenvalue weighted by Gasteiger charge is -2.22. The number of carbonyl (C=O) groups excluding carboxylic acids is 1. The Balaban J connectivity index is 2.23. The van der Waals surface area contributed by atoms with Crippen LogP contribution in [0, 0.1) is 6.92 Å². The summed E-state index contributed by atoms with van der Waals surface area (Å²) in [5, 5.41) is 3.75. The van der Waals surface area contributed by atoms with E-state index in [0.29, 0.717) is 15.6 Å². The van der Waals surface area contributed by atoms with Gasteiger partial charge < -0.3 is 10.2 Å². The average Bonchev–Trinajstić information content (AvgIpc) is 2.53. The van der Waals surface area contributed by atoms with E-state index < -0.39 is 0 Å². The largest absolute Gasteiger partial charge is 0.372 e. The highest BCUT2D eigenvalue weighted by Gasteiger charge is 2.13. The summed E-state index contributed by atoms with van der Waals surface area (Å²) in [6.07, 6.45) is 0. The van der Waals surface area contributed by atoms with Crippen molar-refractivity contribution in [1.29, 1.82) is 0 Å². The van der Waals surface area contributed by atoms with Gasteiger partial charge in [-0.2, -0.15) is 0 Å². The first kappa shape index (κ1) is 17.6. The predicted octanol–water partition coefficient (Wildman–Crippen LogP) is 5.40. The van der Waals surface area contributed by atoms with Gasteiger partial charge in [0.1, 0.15) is 0 Å². The molecular formula is C18H20Cl2N2O. The SMILES string of the molecule is CCN(CC)c1ccc(NC(=O)c2cc(Cl)ccc2Cl)c(C)c1. The first-order valence-electron chi connectivity index (χ1n) is 7.58. The molecule has 0 unspecified atom stereocenters. The van der Waals surface area contributed by atoms with Crippen molar-refractivity contribution >= 4 is 40.5 Å². The third kappa shape index (κ3) is 4.18. The molecule has 1 amide bonds. The number of anilines is 2. The Morgan fingerprint density at radius 1 is 1.09 bits per heavy atom. The van der Waals surface area contributed by atoms with Gasteiger partial charge in [0.2, 0.25) is 0 Å². The van der Waals surface area contributed by atoms with Crippen LogP contribution in [0.25, 0.3) is 0 Å². The average molecular weight is 351 g/mol. The standard InChI is InChI=1S/C18H20Cl2N2O/c1-4-22(5-2)14-7-9-17(12(3)10-14)21-18(23)15-11-13(19)6-8-16(15)20/h6-11H,4-5H2,1-3H3,(H,21,23). The Bertz CT molecular complexity index is 712. The van der Waals surface area contributed by atoms with Gasteiger partial charge in [-0.15, -0.1) is 0 Å². The molecule has 2 aromatic carbocycles. The maximum Gasteiger partial charge on any atom is 0.257 e.